The molecule has 2 aromatic carbocycles. The van der Waals surface area contributed by atoms with Crippen LogP contribution in [0.4, 0.5) is 5.82 Å². The summed E-state index contributed by atoms with van der Waals surface area (Å²) in [5, 5.41) is 2.56. The first-order valence-electron chi connectivity index (χ1n) is 9.50. The van der Waals surface area contributed by atoms with Crippen LogP contribution in [-0.2, 0) is 7.05 Å². The number of ketones is 1. The molecule has 142 valence electrons. The standard InChI is InChI=1S/C22H20ClN3OS/c1-25-18-7-6-16(23)12-15(18)13-20(25)26-10-8-14(9-11-26)21(27)22-24-17-4-2-3-5-19(17)28-22/h2-7,12-14H,8-11H2,1H3. The van der Waals surface area contributed by atoms with Gasteiger partial charge in [-0.25, -0.2) is 4.98 Å². The number of thiazole rings is 1. The van der Waals surface area contributed by atoms with Gasteiger partial charge in [-0.05, 0) is 49.2 Å². The van der Waals surface area contributed by atoms with E-state index in [0.29, 0.717) is 5.01 Å². The number of fused-ring (bicyclic) bond motifs is 2. The number of carbonyl (C=O) groups is 1. The molecule has 0 spiro atoms. The van der Waals surface area contributed by atoms with E-state index < -0.39 is 0 Å². The van der Waals surface area contributed by atoms with Crippen molar-refractivity contribution in [2.45, 2.75) is 12.8 Å². The molecule has 0 unspecified atom stereocenters. The molecule has 28 heavy (non-hydrogen) atoms. The highest BCUT2D eigenvalue weighted by atomic mass is 35.5. The molecule has 4 aromatic rings. The number of halogens is 1. The number of piperidine rings is 1. The van der Waals surface area contributed by atoms with Gasteiger partial charge in [0.1, 0.15) is 5.82 Å². The predicted octanol–water partition coefficient (Wildman–Crippen LogP) is 5.54. The molecular weight excluding hydrogens is 390 g/mol. The van der Waals surface area contributed by atoms with Crippen LogP contribution in [0.15, 0.2) is 48.5 Å². The van der Waals surface area contributed by atoms with Crippen molar-refractivity contribution >= 4 is 55.7 Å². The molecule has 6 heteroatoms. The first-order chi connectivity index (χ1) is 13.6. The number of para-hydroxylation sites is 1. The van der Waals surface area contributed by atoms with E-state index in [1.807, 2.05) is 36.4 Å². The Balaban J connectivity index is 1.33. The number of Topliss-reactive ketones (excluding diaryl/α,β-unsaturated/α-hetero) is 1. The maximum absolute atomic E-state index is 13.0. The van der Waals surface area contributed by atoms with Gasteiger partial charge in [-0.15, -0.1) is 11.3 Å². The van der Waals surface area contributed by atoms with E-state index in [0.717, 1.165) is 46.6 Å². The van der Waals surface area contributed by atoms with E-state index in [4.69, 9.17) is 11.6 Å². The minimum atomic E-state index is 0.0564. The van der Waals surface area contributed by atoms with Crippen LogP contribution in [0.2, 0.25) is 5.02 Å². The lowest BCUT2D eigenvalue weighted by atomic mass is 9.93. The van der Waals surface area contributed by atoms with Crippen LogP contribution in [0.5, 0.6) is 0 Å². The second kappa shape index (κ2) is 6.90. The maximum Gasteiger partial charge on any atom is 0.194 e. The van der Waals surface area contributed by atoms with Gasteiger partial charge in [-0.1, -0.05) is 23.7 Å². The van der Waals surface area contributed by atoms with Crippen molar-refractivity contribution < 1.29 is 4.79 Å². The van der Waals surface area contributed by atoms with Gasteiger partial charge in [-0.2, -0.15) is 0 Å². The molecule has 2 aromatic heterocycles. The van der Waals surface area contributed by atoms with Crippen LogP contribution in [0.3, 0.4) is 0 Å². The Morgan fingerprint density at radius 2 is 1.93 bits per heavy atom. The summed E-state index contributed by atoms with van der Waals surface area (Å²) in [6, 6.07) is 16.1. The number of hydrogen-bond donors (Lipinski definition) is 0. The third kappa shape index (κ3) is 2.99. The number of hydrogen-bond acceptors (Lipinski definition) is 4. The van der Waals surface area contributed by atoms with Crippen LogP contribution < -0.4 is 4.90 Å². The quantitative estimate of drug-likeness (QED) is 0.417. The number of anilines is 1. The first-order valence-corrected chi connectivity index (χ1v) is 10.7. The molecule has 0 saturated carbocycles. The molecule has 0 N–H and O–H groups in total. The highest BCUT2D eigenvalue weighted by Gasteiger charge is 2.29. The number of rotatable bonds is 3. The SMILES string of the molecule is Cn1c(N2CCC(C(=O)c3nc4ccccc4s3)CC2)cc2cc(Cl)ccc21. The van der Waals surface area contributed by atoms with Crippen LogP contribution >= 0.6 is 22.9 Å². The highest BCUT2D eigenvalue weighted by Crippen LogP contribution is 2.32. The van der Waals surface area contributed by atoms with E-state index in [1.54, 1.807) is 0 Å². The lowest BCUT2D eigenvalue weighted by Gasteiger charge is -2.32. The zero-order chi connectivity index (χ0) is 19.3. The molecule has 0 aliphatic carbocycles. The Labute approximate surface area is 172 Å². The molecule has 1 fully saturated rings. The van der Waals surface area contributed by atoms with Gasteiger partial charge in [0.2, 0.25) is 0 Å². The van der Waals surface area contributed by atoms with Gasteiger partial charge in [0.15, 0.2) is 10.8 Å². The molecule has 1 saturated heterocycles. The van der Waals surface area contributed by atoms with Crippen molar-refractivity contribution in [3.05, 3.63) is 58.6 Å². The summed E-state index contributed by atoms with van der Waals surface area (Å²) in [5.74, 6) is 1.44. The molecule has 1 aliphatic heterocycles. The van der Waals surface area contributed by atoms with Crippen molar-refractivity contribution in [3.8, 4) is 0 Å². The summed E-state index contributed by atoms with van der Waals surface area (Å²) < 4.78 is 3.29. The van der Waals surface area contributed by atoms with Gasteiger partial charge in [0.05, 0.1) is 10.2 Å². The summed E-state index contributed by atoms with van der Waals surface area (Å²) >= 11 is 7.65. The zero-order valence-electron chi connectivity index (χ0n) is 15.6. The normalized spacial score (nSPS) is 15.6. The van der Waals surface area contributed by atoms with E-state index in [9.17, 15) is 4.79 Å². The largest absolute Gasteiger partial charge is 0.358 e. The van der Waals surface area contributed by atoms with Crippen molar-refractivity contribution in [1.29, 1.82) is 0 Å². The fourth-order valence-corrected chi connectivity index (χ4v) is 5.30. The Hall–Kier alpha value is -2.37. The molecule has 0 radical (unpaired) electrons. The summed E-state index contributed by atoms with van der Waals surface area (Å²) in [6.45, 7) is 1.75. The maximum atomic E-state index is 13.0. The third-order valence-electron chi connectivity index (χ3n) is 5.67. The Kier molecular flexibility index (Phi) is 4.37. The topological polar surface area (TPSA) is 38.1 Å². The lowest BCUT2D eigenvalue weighted by molar-refractivity contribution is 0.0900. The molecule has 3 heterocycles. The molecule has 1 aliphatic rings. The number of carbonyl (C=O) groups excluding carboxylic acids is 1. The van der Waals surface area contributed by atoms with Gasteiger partial charge < -0.3 is 9.47 Å². The summed E-state index contributed by atoms with van der Waals surface area (Å²) in [4.78, 5) is 19.9. The lowest BCUT2D eigenvalue weighted by Crippen LogP contribution is -2.37. The highest BCUT2D eigenvalue weighted by molar-refractivity contribution is 7.20. The second-order valence-corrected chi connectivity index (χ2v) is 8.84. The minimum Gasteiger partial charge on any atom is -0.358 e. The average Bonchev–Trinajstić information content (AvgIpc) is 3.28. The second-order valence-electron chi connectivity index (χ2n) is 7.38. The molecule has 5 rings (SSSR count). The van der Waals surface area contributed by atoms with Gasteiger partial charge in [0, 0.05) is 42.0 Å². The third-order valence-corrected chi connectivity index (χ3v) is 6.96. The van der Waals surface area contributed by atoms with Gasteiger partial charge >= 0.3 is 0 Å². The first kappa shape index (κ1) is 17.7. The molecular formula is C22H20ClN3OS. The van der Waals surface area contributed by atoms with Crippen molar-refractivity contribution in [2.75, 3.05) is 18.0 Å². The summed E-state index contributed by atoms with van der Waals surface area (Å²) in [5.41, 5.74) is 2.09. The van der Waals surface area contributed by atoms with Crippen molar-refractivity contribution in [1.82, 2.24) is 9.55 Å². The fraction of sp³-hybridized carbons (Fsp3) is 0.273. The van der Waals surface area contributed by atoms with Gasteiger partial charge in [-0.3, -0.25) is 4.79 Å². The Morgan fingerprint density at radius 1 is 1.14 bits per heavy atom. The predicted molar refractivity (Wildman–Crippen MR) is 117 cm³/mol. The van der Waals surface area contributed by atoms with Crippen molar-refractivity contribution in [2.24, 2.45) is 13.0 Å². The van der Waals surface area contributed by atoms with Crippen LogP contribution in [0.1, 0.15) is 22.6 Å². The fourth-order valence-electron chi connectivity index (χ4n) is 4.13. The molecule has 0 amide bonds. The van der Waals surface area contributed by atoms with E-state index in [-0.39, 0.29) is 11.7 Å². The van der Waals surface area contributed by atoms with E-state index in [1.165, 1.54) is 22.7 Å². The molecule has 0 bridgehead atoms. The number of benzene rings is 2. The van der Waals surface area contributed by atoms with Gasteiger partial charge in [0.25, 0.3) is 0 Å². The van der Waals surface area contributed by atoms with Crippen LogP contribution in [0.25, 0.3) is 21.1 Å². The van der Waals surface area contributed by atoms with Crippen molar-refractivity contribution in [3.63, 3.8) is 0 Å². The van der Waals surface area contributed by atoms with Crippen LogP contribution in [-0.4, -0.2) is 28.4 Å². The molecule has 0 atom stereocenters. The van der Waals surface area contributed by atoms with E-state index in [2.05, 4.69) is 33.6 Å². The number of aromatic nitrogens is 2. The summed E-state index contributed by atoms with van der Waals surface area (Å²) in [6.07, 6.45) is 1.72. The average molecular weight is 410 g/mol. The van der Waals surface area contributed by atoms with E-state index >= 15 is 0 Å². The van der Waals surface area contributed by atoms with Crippen LogP contribution in [0, 0.1) is 5.92 Å². The number of nitrogens with zero attached hydrogens (tertiary/aromatic N) is 3. The zero-order valence-corrected chi connectivity index (χ0v) is 17.1. The Bertz CT molecular complexity index is 1150. The number of aryl methyl sites for hydroxylation is 1. The Morgan fingerprint density at radius 3 is 2.71 bits per heavy atom. The monoisotopic (exact) mass is 409 g/mol. The smallest absolute Gasteiger partial charge is 0.194 e. The summed E-state index contributed by atoms with van der Waals surface area (Å²) in [7, 11) is 2.09. The molecule has 4 nitrogen and oxygen atoms in total. The minimum absolute atomic E-state index is 0.0564.